The van der Waals surface area contributed by atoms with Crippen LogP contribution < -0.4 is 5.32 Å². The average Bonchev–Trinajstić information content (AvgIpc) is 2.65. The van der Waals surface area contributed by atoms with E-state index in [1.165, 1.54) is 25.7 Å². The molecule has 1 rings (SSSR count). The summed E-state index contributed by atoms with van der Waals surface area (Å²) in [4.78, 5) is 0. The first-order valence-electron chi connectivity index (χ1n) is 6.05. The third-order valence-corrected chi connectivity index (χ3v) is 2.76. The molecule has 2 heteroatoms. The Bertz CT molecular complexity index is 267. The van der Waals surface area contributed by atoms with Crippen molar-refractivity contribution in [2.24, 2.45) is 0 Å². The summed E-state index contributed by atoms with van der Waals surface area (Å²) in [6.07, 6.45) is 5.05. The van der Waals surface area contributed by atoms with Crippen LogP contribution in [0.15, 0.2) is 16.5 Å². The number of rotatable bonds is 7. The molecule has 0 aliphatic rings. The van der Waals surface area contributed by atoms with E-state index in [0.29, 0.717) is 6.04 Å². The van der Waals surface area contributed by atoms with Gasteiger partial charge < -0.3 is 9.73 Å². The molecule has 0 aliphatic carbocycles. The van der Waals surface area contributed by atoms with E-state index in [0.717, 1.165) is 18.1 Å². The predicted octanol–water partition coefficient (Wildman–Crippen LogP) is 3.65. The number of hydrogen-bond donors (Lipinski definition) is 1. The van der Waals surface area contributed by atoms with Crippen molar-refractivity contribution < 1.29 is 4.42 Å². The Morgan fingerprint density at radius 3 is 2.67 bits per heavy atom. The average molecular weight is 209 g/mol. The van der Waals surface area contributed by atoms with Gasteiger partial charge in [0.25, 0.3) is 0 Å². The normalized spacial score (nSPS) is 13.0. The van der Waals surface area contributed by atoms with E-state index in [-0.39, 0.29) is 0 Å². The quantitative estimate of drug-likeness (QED) is 0.741. The maximum atomic E-state index is 5.52. The minimum Gasteiger partial charge on any atom is -0.465 e. The number of unbranched alkanes of at least 4 members (excludes halogenated alkanes) is 1. The Kier molecular flexibility index (Phi) is 5.48. The van der Waals surface area contributed by atoms with Gasteiger partial charge in [0.2, 0.25) is 0 Å². The molecule has 1 aromatic rings. The first-order valence-corrected chi connectivity index (χ1v) is 6.05. The van der Waals surface area contributed by atoms with Gasteiger partial charge >= 0.3 is 0 Å². The zero-order valence-electron chi connectivity index (χ0n) is 10.2. The van der Waals surface area contributed by atoms with Crippen LogP contribution in [-0.4, -0.2) is 6.04 Å². The first-order chi connectivity index (χ1) is 7.26. The summed E-state index contributed by atoms with van der Waals surface area (Å²) < 4.78 is 5.52. The van der Waals surface area contributed by atoms with Crippen LogP contribution in [0.2, 0.25) is 0 Å². The Hall–Kier alpha value is -0.760. The van der Waals surface area contributed by atoms with Gasteiger partial charge in [0.15, 0.2) is 0 Å². The Morgan fingerprint density at radius 2 is 2.13 bits per heavy atom. The summed E-state index contributed by atoms with van der Waals surface area (Å²) in [6.45, 7) is 7.32. The van der Waals surface area contributed by atoms with Crippen LogP contribution in [0.25, 0.3) is 0 Å². The van der Waals surface area contributed by atoms with Crippen LogP contribution in [0.4, 0.5) is 0 Å². The van der Waals surface area contributed by atoms with E-state index >= 15 is 0 Å². The highest BCUT2D eigenvalue weighted by molar-refractivity contribution is 5.05. The fourth-order valence-electron chi connectivity index (χ4n) is 1.73. The highest BCUT2D eigenvalue weighted by Crippen LogP contribution is 2.08. The maximum Gasteiger partial charge on any atom is 0.117 e. The van der Waals surface area contributed by atoms with Crippen LogP contribution in [-0.2, 0) is 6.54 Å². The maximum absolute atomic E-state index is 5.52. The number of hydrogen-bond acceptors (Lipinski definition) is 2. The van der Waals surface area contributed by atoms with Gasteiger partial charge in [-0.05, 0) is 31.9 Å². The topological polar surface area (TPSA) is 25.2 Å². The van der Waals surface area contributed by atoms with Gasteiger partial charge in [-0.3, -0.25) is 0 Å². The number of nitrogens with one attached hydrogen (secondary N) is 1. The Morgan fingerprint density at radius 1 is 1.33 bits per heavy atom. The van der Waals surface area contributed by atoms with Crippen LogP contribution in [0.5, 0.6) is 0 Å². The molecule has 0 spiro atoms. The molecule has 0 fully saturated rings. The lowest BCUT2D eigenvalue weighted by atomic mass is 10.1. The van der Waals surface area contributed by atoms with Gasteiger partial charge in [0.1, 0.15) is 11.5 Å². The van der Waals surface area contributed by atoms with Crippen molar-refractivity contribution in [1.82, 2.24) is 5.32 Å². The van der Waals surface area contributed by atoms with E-state index in [9.17, 15) is 0 Å². The van der Waals surface area contributed by atoms with Crippen molar-refractivity contribution in [2.75, 3.05) is 0 Å². The van der Waals surface area contributed by atoms with Gasteiger partial charge in [-0.1, -0.05) is 26.7 Å². The van der Waals surface area contributed by atoms with Crippen molar-refractivity contribution in [1.29, 1.82) is 0 Å². The second-order valence-electron chi connectivity index (χ2n) is 4.14. The van der Waals surface area contributed by atoms with E-state index in [1.807, 2.05) is 13.0 Å². The molecule has 1 N–H and O–H groups in total. The van der Waals surface area contributed by atoms with Gasteiger partial charge in [-0.2, -0.15) is 0 Å². The van der Waals surface area contributed by atoms with E-state index in [4.69, 9.17) is 4.42 Å². The van der Waals surface area contributed by atoms with E-state index in [1.54, 1.807) is 0 Å². The summed E-state index contributed by atoms with van der Waals surface area (Å²) >= 11 is 0. The zero-order valence-corrected chi connectivity index (χ0v) is 10.2. The molecule has 1 aromatic heterocycles. The SMILES string of the molecule is CCCCC(CC)NCc1ccc(C)o1. The lowest BCUT2D eigenvalue weighted by Gasteiger charge is -2.15. The first kappa shape index (κ1) is 12.3. The third kappa shape index (κ3) is 4.52. The number of aryl methyl sites for hydroxylation is 1. The minimum atomic E-state index is 0.635. The predicted molar refractivity (Wildman–Crippen MR) is 63.9 cm³/mol. The molecule has 1 atom stereocenters. The molecule has 0 saturated heterocycles. The van der Waals surface area contributed by atoms with Crippen molar-refractivity contribution in [2.45, 2.75) is 59.0 Å². The smallest absolute Gasteiger partial charge is 0.117 e. The fourth-order valence-corrected chi connectivity index (χ4v) is 1.73. The molecule has 0 amide bonds. The zero-order chi connectivity index (χ0) is 11.1. The summed E-state index contributed by atoms with van der Waals surface area (Å²) in [5.41, 5.74) is 0. The van der Waals surface area contributed by atoms with Crippen LogP contribution in [0.3, 0.4) is 0 Å². The molecule has 0 saturated carbocycles. The van der Waals surface area contributed by atoms with Crippen molar-refractivity contribution >= 4 is 0 Å². The third-order valence-electron chi connectivity index (χ3n) is 2.76. The lowest BCUT2D eigenvalue weighted by molar-refractivity contribution is 0.406. The summed E-state index contributed by atoms with van der Waals surface area (Å²) in [5, 5.41) is 3.54. The van der Waals surface area contributed by atoms with E-state index < -0.39 is 0 Å². The highest BCUT2D eigenvalue weighted by atomic mass is 16.3. The molecule has 15 heavy (non-hydrogen) atoms. The number of furan rings is 1. The molecule has 86 valence electrons. The van der Waals surface area contributed by atoms with Crippen molar-refractivity contribution in [3.8, 4) is 0 Å². The van der Waals surface area contributed by atoms with Gasteiger partial charge in [0.05, 0.1) is 6.54 Å². The molecule has 0 bridgehead atoms. The van der Waals surface area contributed by atoms with Crippen molar-refractivity contribution in [3.63, 3.8) is 0 Å². The molecule has 0 aliphatic heterocycles. The minimum absolute atomic E-state index is 0.635. The van der Waals surface area contributed by atoms with Crippen LogP contribution in [0, 0.1) is 6.92 Å². The molecular weight excluding hydrogens is 186 g/mol. The van der Waals surface area contributed by atoms with Crippen LogP contribution in [0.1, 0.15) is 51.1 Å². The summed E-state index contributed by atoms with van der Waals surface area (Å²) in [7, 11) is 0. The van der Waals surface area contributed by atoms with E-state index in [2.05, 4.69) is 25.2 Å². The van der Waals surface area contributed by atoms with Crippen LogP contribution >= 0.6 is 0 Å². The molecule has 1 unspecified atom stereocenters. The fraction of sp³-hybridized carbons (Fsp3) is 0.692. The summed E-state index contributed by atoms with van der Waals surface area (Å²) in [6, 6.07) is 4.70. The Balaban J connectivity index is 2.27. The lowest BCUT2D eigenvalue weighted by Crippen LogP contribution is -2.27. The second kappa shape index (κ2) is 6.67. The summed E-state index contributed by atoms with van der Waals surface area (Å²) in [5.74, 6) is 2.04. The van der Waals surface area contributed by atoms with Gasteiger partial charge in [-0.15, -0.1) is 0 Å². The van der Waals surface area contributed by atoms with Gasteiger partial charge in [-0.25, -0.2) is 0 Å². The molecule has 0 radical (unpaired) electrons. The monoisotopic (exact) mass is 209 g/mol. The van der Waals surface area contributed by atoms with Crippen molar-refractivity contribution in [3.05, 3.63) is 23.7 Å². The second-order valence-corrected chi connectivity index (χ2v) is 4.14. The molecular formula is C13H23NO. The molecule has 2 nitrogen and oxygen atoms in total. The van der Waals surface area contributed by atoms with Gasteiger partial charge in [0, 0.05) is 6.04 Å². The Labute approximate surface area is 93.1 Å². The standard InChI is InChI=1S/C13H23NO/c1-4-6-7-12(5-2)14-10-13-9-8-11(3)15-13/h8-9,12,14H,4-7,10H2,1-3H3. The molecule has 1 heterocycles. The highest BCUT2D eigenvalue weighted by Gasteiger charge is 2.06. The largest absolute Gasteiger partial charge is 0.465 e. The molecule has 0 aromatic carbocycles.